The first kappa shape index (κ1) is 8.52. The molecule has 1 saturated carbocycles. The summed E-state index contributed by atoms with van der Waals surface area (Å²) >= 11 is 0. The van der Waals surface area contributed by atoms with Gasteiger partial charge in [-0.1, -0.05) is 26.2 Å². The van der Waals surface area contributed by atoms with Gasteiger partial charge in [0.25, 0.3) is 0 Å². The summed E-state index contributed by atoms with van der Waals surface area (Å²) < 4.78 is 5.66. The summed E-state index contributed by atoms with van der Waals surface area (Å²) in [5.74, 6) is 0.549. The van der Waals surface area contributed by atoms with Crippen molar-refractivity contribution in [1.82, 2.24) is 0 Å². The van der Waals surface area contributed by atoms with Crippen molar-refractivity contribution in [3.63, 3.8) is 0 Å². The lowest BCUT2D eigenvalue weighted by Crippen LogP contribution is -2.36. The summed E-state index contributed by atoms with van der Waals surface area (Å²) in [5, 5.41) is 9.39. The van der Waals surface area contributed by atoms with Crippen molar-refractivity contribution in [1.29, 1.82) is 0 Å². The van der Waals surface area contributed by atoms with Gasteiger partial charge >= 0.3 is 0 Å². The fourth-order valence-corrected chi connectivity index (χ4v) is 2.71. The maximum Gasteiger partial charge on any atom is 0.155 e. The molecule has 1 spiro atoms. The van der Waals surface area contributed by atoms with Gasteiger partial charge in [0.2, 0.25) is 0 Å². The van der Waals surface area contributed by atoms with Gasteiger partial charge in [-0.05, 0) is 18.8 Å². The second-order valence-electron chi connectivity index (χ2n) is 4.33. The number of aliphatic hydroxyl groups is 1. The molecule has 0 bridgehead atoms. The molecule has 12 heavy (non-hydrogen) atoms. The molecule has 0 aromatic rings. The normalized spacial score (nSPS) is 40.5. The fraction of sp³-hybridized carbons (Fsp3) is 1.00. The highest BCUT2D eigenvalue weighted by atomic mass is 16.6. The highest BCUT2D eigenvalue weighted by molar-refractivity contribution is 4.93. The molecular weight excluding hydrogens is 152 g/mol. The second kappa shape index (κ2) is 3.00. The van der Waals surface area contributed by atoms with E-state index in [1.165, 1.54) is 19.3 Å². The largest absolute Gasteiger partial charge is 0.368 e. The third kappa shape index (κ3) is 1.27. The van der Waals surface area contributed by atoms with Crippen LogP contribution in [0.2, 0.25) is 0 Å². The molecule has 2 fully saturated rings. The highest BCUT2D eigenvalue weighted by Crippen LogP contribution is 2.44. The quantitative estimate of drug-likeness (QED) is 0.603. The number of aliphatic hydroxyl groups excluding tert-OH is 1. The molecule has 0 radical (unpaired) electrons. The first-order chi connectivity index (χ1) is 5.73. The van der Waals surface area contributed by atoms with Crippen LogP contribution in [0.25, 0.3) is 0 Å². The third-order valence-corrected chi connectivity index (χ3v) is 3.52. The lowest BCUT2D eigenvalue weighted by Gasteiger charge is -2.36. The van der Waals surface area contributed by atoms with Crippen LogP contribution in [0.5, 0.6) is 0 Å². The zero-order chi connectivity index (χ0) is 8.60. The minimum absolute atomic E-state index is 0.0532. The zero-order valence-corrected chi connectivity index (χ0v) is 7.75. The molecule has 0 amide bonds. The summed E-state index contributed by atoms with van der Waals surface area (Å²) in [6.07, 6.45) is 6.55. The molecule has 1 aliphatic carbocycles. The number of hydrogen-bond donors (Lipinski definition) is 1. The van der Waals surface area contributed by atoms with Crippen molar-refractivity contribution in [3.8, 4) is 0 Å². The van der Waals surface area contributed by atoms with Gasteiger partial charge in [0.1, 0.15) is 0 Å². The Balaban J connectivity index is 2.08. The van der Waals surface area contributed by atoms with E-state index >= 15 is 0 Å². The topological polar surface area (TPSA) is 29.5 Å². The molecule has 2 aliphatic rings. The van der Waals surface area contributed by atoms with E-state index in [-0.39, 0.29) is 5.60 Å². The molecule has 70 valence electrons. The van der Waals surface area contributed by atoms with Crippen molar-refractivity contribution >= 4 is 0 Å². The molecule has 0 aromatic carbocycles. The van der Waals surface area contributed by atoms with E-state index in [0.717, 1.165) is 19.3 Å². The lowest BCUT2D eigenvalue weighted by molar-refractivity contribution is -0.154. The minimum Gasteiger partial charge on any atom is -0.368 e. The fourth-order valence-electron chi connectivity index (χ4n) is 2.71. The van der Waals surface area contributed by atoms with E-state index < -0.39 is 6.29 Å². The van der Waals surface area contributed by atoms with Gasteiger partial charge in [0, 0.05) is 6.42 Å². The monoisotopic (exact) mass is 170 g/mol. The van der Waals surface area contributed by atoms with Gasteiger partial charge < -0.3 is 9.84 Å². The van der Waals surface area contributed by atoms with Gasteiger partial charge in [-0.15, -0.1) is 0 Å². The van der Waals surface area contributed by atoms with Crippen LogP contribution in [0.1, 0.15) is 45.4 Å². The van der Waals surface area contributed by atoms with Crippen LogP contribution in [0.4, 0.5) is 0 Å². The summed E-state index contributed by atoms with van der Waals surface area (Å²) in [6.45, 7) is 2.21. The van der Waals surface area contributed by atoms with E-state index in [1.807, 2.05) is 0 Å². The molecule has 2 rings (SSSR count). The van der Waals surface area contributed by atoms with E-state index in [2.05, 4.69) is 6.92 Å². The maximum atomic E-state index is 9.39. The Bertz CT molecular complexity index is 161. The molecular formula is C10H18O2. The van der Waals surface area contributed by atoms with Crippen LogP contribution in [0.15, 0.2) is 0 Å². The number of ether oxygens (including phenoxy) is 1. The smallest absolute Gasteiger partial charge is 0.155 e. The Kier molecular flexibility index (Phi) is 2.13. The Labute approximate surface area is 73.9 Å². The van der Waals surface area contributed by atoms with Crippen LogP contribution >= 0.6 is 0 Å². The van der Waals surface area contributed by atoms with Crippen molar-refractivity contribution in [2.75, 3.05) is 0 Å². The Hall–Kier alpha value is -0.0800. The van der Waals surface area contributed by atoms with Gasteiger partial charge in [0.15, 0.2) is 6.29 Å². The van der Waals surface area contributed by atoms with Crippen molar-refractivity contribution < 1.29 is 9.84 Å². The van der Waals surface area contributed by atoms with Crippen LogP contribution in [-0.2, 0) is 4.74 Å². The minimum atomic E-state index is -0.488. The third-order valence-electron chi connectivity index (χ3n) is 3.52. The Morgan fingerprint density at radius 3 is 2.42 bits per heavy atom. The van der Waals surface area contributed by atoms with Crippen molar-refractivity contribution in [3.05, 3.63) is 0 Å². The maximum absolute atomic E-state index is 9.39. The first-order valence-corrected chi connectivity index (χ1v) is 5.09. The summed E-state index contributed by atoms with van der Waals surface area (Å²) in [7, 11) is 0. The van der Waals surface area contributed by atoms with Gasteiger partial charge in [0.05, 0.1) is 5.60 Å². The lowest BCUT2D eigenvalue weighted by atomic mass is 9.77. The van der Waals surface area contributed by atoms with Crippen molar-refractivity contribution in [2.45, 2.75) is 57.3 Å². The zero-order valence-electron chi connectivity index (χ0n) is 7.75. The molecule has 1 N–H and O–H groups in total. The molecule has 2 nitrogen and oxygen atoms in total. The van der Waals surface area contributed by atoms with Crippen LogP contribution in [0, 0.1) is 5.92 Å². The van der Waals surface area contributed by atoms with Gasteiger partial charge in [-0.3, -0.25) is 0 Å². The van der Waals surface area contributed by atoms with Gasteiger partial charge in [-0.25, -0.2) is 0 Å². The molecule has 1 aliphatic heterocycles. The highest BCUT2D eigenvalue weighted by Gasteiger charge is 2.45. The van der Waals surface area contributed by atoms with E-state index in [4.69, 9.17) is 4.74 Å². The molecule has 2 atom stereocenters. The molecule has 2 unspecified atom stereocenters. The number of rotatable bonds is 0. The molecule has 2 heteroatoms. The van der Waals surface area contributed by atoms with E-state index in [0.29, 0.717) is 5.92 Å². The van der Waals surface area contributed by atoms with Crippen LogP contribution in [-0.4, -0.2) is 17.0 Å². The standard InChI is InChI=1S/C10H18O2/c1-8-7-9(11)12-10(8)5-3-2-4-6-10/h8-9,11H,2-7H2,1H3. The Morgan fingerprint density at radius 1 is 1.25 bits per heavy atom. The first-order valence-electron chi connectivity index (χ1n) is 5.09. The predicted octanol–water partition coefficient (Wildman–Crippen LogP) is 2.06. The molecule has 1 heterocycles. The molecule has 1 saturated heterocycles. The SMILES string of the molecule is CC1CC(O)OC12CCCCC2. The van der Waals surface area contributed by atoms with E-state index in [9.17, 15) is 5.11 Å². The molecule has 0 aromatic heterocycles. The van der Waals surface area contributed by atoms with Gasteiger partial charge in [-0.2, -0.15) is 0 Å². The van der Waals surface area contributed by atoms with Crippen LogP contribution in [0.3, 0.4) is 0 Å². The average Bonchev–Trinajstić information content (AvgIpc) is 2.29. The Morgan fingerprint density at radius 2 is 1.92 bits per heavy atom. The van der Waals surface area contributed by atoms with Crippen molar-refractivity contribution in [2.24, 2.45) is 5.92 Å². The average molecular weight is 170 g/mol. The summed E-state index contributed by atoms with van der Waals surface area (Å²) in [5.41, 5.74) is 0.0532. The van der Waals surface area contributed by atoms with Crippen LogP contribution < -0.4 is 0 Å². The second-order valence-corrected chi connectivity index (χ2v) is 4.33. The summed E-state index contributed by atoms with van der Waals surface area (Å²) in [6, 6.07) is 0. The predicted molar refractivity (Wildman–Crippen MR) is 46.7 cm³/mol. The summed E-state index contributed by atoms with van der Waals surface area (Å²) in [4.78, 5) is 0. The van der Waals surface area contributed by atoms with E-state index in [1.54, 1.807) is 0 Å². The number of hydrogen-bond acceptors (Lipinski definition) is 2.